The fourth-order valence-electron chi connectivity index (χ4n) is 3.02. The lowest BCUT2D eigenvalue weighted by Gasteiger charge is -2.38. The second kappa shape index (κ2) is 5.72. The van der Waals surface area contributed by atoms with E-state index in [9.17, 15) is 9.18 Å². The van der Waals surface area contributed by atoms with Gasteiger partial charge in [-0.25, -0.2) is 9.18 Å². The van der Waals surface area contributed by atoms with Gasteiger partial charge in [0, 0.05) is 30.5 Å². The first-order chi connectivity index (χ1) is 10.8. The van der Waals surface area contributed by atoms with Gasteiger partial charge in [0.2, 0.25) is 0 Å². The van der Waals surface area contributed by atoms with E-state index in [4.69, 9.17) is 0 Å². The predicted octanol–water partition coefficient (Wildman–Crippen LogP) is 3.54. The van der Waals surface area contributed by atoms with E-state index in [0.717, 1.165) is 17.8 Å². The van der Waals surface area contributed by atoms with Crippen LogP contribution in [0.25, 0.3) is 0 Å². The van der Waals surface area contributed by atoms with Crippen LogP contribution >= 0.6 is 0 Å². The minimum absolute atomic E-state index is 0.126. The molecule has 0 fully saturated rings. The van der Waals surface area contributed by atoms with E-state index in [1.807, 2.05) is 45.2 Å². The summed E-state index contributed by atoms with van der Waals surface area (Å²) in [5.74, 6) is -0.289. The largest absolute Gasteiger partial charge is 0.348 e. The molecule has 1 atom stereocenters. The first-order valence-corrected chi connectivity index (χ1v) is 7.84. The number of amides is 2. The van der Waals surface area contributed by atoms with E-state index >= 15 is 0 Å². The maximum absolute atomic E-state index is 13.7. The van der Waals surface area contributed by atoms with Crippen LogP contribution in [0.2, 0.25) is 0 Å². The van der Waals surface area contributed by atoms with Gasteiger partial charge in [0.05, 0.1) is 6.04 Å². The summed E-state index contributed by atoms with van der Waals surface area (Å²) in [5.41, 5.74) is 1.47. The Balaban J connectivity index is 2.00. The first kappa shape index (κ1) is 15.6. The van der Waals surface area contributed by atoms with Crippen LogP contribution in [-0.2, 0) is 6.54 Å². The number of nitrogens with one attached hydrogen (secondary N) is 1. The highest BCUT2D eigenvalue weighted by Gasteiger charge is 2.33. The van der Waals surface area contributed by atoms with Gasteiger partial charge in [-0.3, -0.25) is 0 Å². The second-order valence-corrected chi connectivity index (χ2v) is 6.96. The molecule has 0 radical (unpaired) electrons. The van der Waals surface area contributed by atoms with Crippen LogP contribution in [0.5, 0.6) is 0 Å². The minimum Gasteiger partial charge on any atom is -0.348 e. The molecule has 0 saturated carbocycles. The van der Waals surface area contributed by atoms with Crippen LogP contribution in [0.1, 0.15) is 38.1 Å². The molecule has 122 valence electrons. The maximum atomic E-state index is 13.7. The van der Waals surface area contributed by atoms with Crippen molar-refractivity contribution in [3.63, 3.8) is 0 Å². The lowest BCUT2D eigenvalue weighted by atomic mass is 10.00. The standard InChI is InChI=1S/C18H22FN3O/c1-18(2,3)20-17(23)22-11-10-21-9-5-8-15(21)16(22)13-6-4-7-14(19)12-13/h4-9,12,16H,10-11H2,1-3H3,(H,20,23)/t16-/m1/s1. The van der Waals surface area contributed by atoms with Crippen molar-refractivity contribution in [3.05, 3.63) is 59.7 Å². The van der Waals surface area contributed by atoms with Crippen molar-refractivity contribution in [1.82, 2.24) is 14.8 Å². The van der Waals surface area contributed by atoms with Crippen molar-refractivity contribution in [3.8, 4) is 0 Å². The zero-order valence-electron chi connectivity index (χ0n) is 13.7. The van der Waals surface area contributed by atoms with E-state index in [0.29, 0.717) is 6.54 Å². The summed E-state index contributed by atoms with van der Waals surface area (Å²) in [5, 5.41) is 3.01. The summed E-state index contributed by atoms with van der Waals surface area (Å²) in [7, 11) is 0. The van der Waals surface area contributed by atoms with E-state index in [1.54, 1.807) is 11.0 Å². The van der Waals surface area contributed by atoms with Gasteiger partial charge in [-0.05, 0) is 50.6 Å². The fraction of sp³-hybridized carbons (Fsp3) is 0.389. The SMILES string of the molecule is CC(C)(C)NC(=O)N1CCn2cccc2[C@H]1c1cccc(F)c1. The Morgan fingerprint density at radius 2 is 2.00 bits per heavy atom. The highest BCUT2D eigenvalue weighted by Crippen LogP contribution is 2.32. The number of halogens is 1. The Morgan fingerprint density at radius 3 is 2.70 bits per heavy atom. The van der Waals surface area contributed by atoms with Crippen molar-refractivity contribution in [2.75, 3.05) is 6.54 Å². The molecule has 2 amide bonds. The molecule has 0 bridgehead atoms. The number of nitrogens with zero attached hydrogens (tertiary/aromatic N) is 2. The van der Waals surface area contributed by atoms with Crippen LogP contribution in [0, 0.1) is 5.82 Å². The molecule has 0 unspecified atom stereocenters. The molecule has 2 aromatic rings. The zero-order valence-corrected chi connectivity index (χ0v) is 13.7. The quantitative estimate of drug-likeness (QED) is 0.858. The number of hydrogen-bond acceptors (Lipinski definition) is 1. The Morgan fingerprint density at radius 1 is 1.22 bits per heavy atom. The topological polar surface area (TPSA) is 37.3 Å². The summed E-state index contributed by atoms with van der Waals surface area (Å²) in [6.07, 6.45) is 2.00. The van der Waals surface area contributed by atoms with Crippen LogP contribution in [0.15, 0.2) is 42.6 Å². The summed E-state index contributed by atoms with van der Waals surface area (Å²) in [6, 6.07) is 10.0. The number of carbonyl (C=O) groups is 1. The summed E-state index contributed by atoms with van der Waals surface area (Å²) >= 11 is 0. The van der Waals surface area contributed by atoms with Crippen molar-refractivity contribution in [2.24, 2.45) is 0 Å². The van der Waals surface area contributed by atoms with Gasteiger partial charge < -0.3 is 14.8 Å². The van der Waals surface area contributed by atoms with Crippen molar-refractivity contribution >= 4 is 6.03 Å². The Kier molecular flexibility index (Phi) is 3.88. The number of hydrogen-bond donors (Lipinski definition) is 1. The molecule has 1 aromatic carbocycles. The summed E-state index contributed by atoms with van der Waals surface area (Å²) < 4.78 is 15.8. The molecular weight excluding hydrogens is 293 g/mol. The third-order valence-electron chi connectivity index (χ3n) is 3.95. The fourth-order valence-corrected chi connectivity index (χ4v) is 3.02. The van der Waals surface area contributed by atoms with Gasteiger partial charge in [-0.2, -0.15) is 0 Å². The molecule has 23 heavy (non-hydrogen) atoms. The number of urea groups is 1. The monoisotopic (exact) mass is 315 g/mol. The van der Waals surface area contributed by atoms with Crippen LogP contribution in [-0.4, -0.2) is 27.6 Å². The second-order valence-electron chi connectivity index (χ2n) is 6.96. The van der Waals surface area contributed by atoms with Gasteiger partial charge in [0.15, 0.2) is 0 Å². The molecule has 0 aliphatic carbocycles. The number of aromatic nitrogens is 1. The molecule has 4 nitrogen and oxygen atoms in total. The molecule has 1 aliphatic rings. The lowest BCUT2D eigenvalue weighted by Crippen LogP contribution is -2.52. The molecule has 2 heterocycles. The number of benzene rings is 1. The van der Waals surface area contributed by atoms with E-state index < -0.39 is 0 Å². The molecule has 1 N–H and O–H groups in total. The van der Waals surface area contributed by atoms with Gasteiger partial charge in [0.1, 0.15) is 5.82 Å². The normalized spacial score (nSPS) is 17.7. The summed E-state index contributed by atoms with van der Waals surface area (Å²) in [4.78, 5) is 14.5. The van der Waals surface area contributed by atoms with Crippen LogP contribution in [0.3, 0.4) is 0 Å². The van der Waals surface area contributed by atoms with Crippen molar-refractivity contribution < 1.29 is 9.18 Å². The highest BCUT2D eigenvalue weighted by molar-refractivity contribution is 5.76. The smallest absolute Gasteiger partial charge is 0.318 e. The molecule has 0 saturated heterocycles. The minimum atomic E-state index is -0.316. The number of fused-ring (bicyclic) bond motifs is 1. The van der Waals surface area contributed by atoms with E-state index in [1.165, 1.54) is 12.1 Å². The summed E-state index contributed by atoms with van der Waals surface area (Å²) in [6.45, 7) is 7.19. The van der Waals surface area contributed by atoms with Crippen LogP contribution in [0.4, 0.5) is 9.18 Å². The zero-order chi connectivity index (χ0) is 16.6. The number of carbonyl (C=O) groups excluding carboxylic acids is 1. The Hall–Kier alpha value is -2.30. The third-order valence-corrected chi connectivity index (χ3v) is 3.95. The van der Waals surface area contributed by atoms with Gasteiger partial charge in [-0.1, -0.05) is 12.1 Å². The average Bonchev–Trinajstić information content (AvgIpc) is 2.92. The molecule has 5 heteroatoms. The van der Waals surface area contributed by atoms with Gasteiger partial charge in [-0.15, -0.1) is 0 Å². The van der Waals surface area contributed by atoms with Crippen LogP contribution < -0.4 is 5.32 Å². The van der Waals surface area contributed by atoms with Gasteiger partial charge >= 0.3 is 6.03 Å². The van der Waals surface area contributed by atoms with Gasteiger partial charge in [0.25, 0.3) is 0 Å². The third kappa shape index (κ3) is 3.23. The van der Waals surface area contributed by atoms with Crippen molar-refractivity contribution in [2.45, 2.75) is 38.9 Å². The Labute approximate surface area is 135 Å². The highest BCUT2D eigenvalue weighted by atomic mass is 19.1. The molecule has 1 aromatic heterocycles. The molecule has 3 rings (SSSR count). The van der Waals surface area contributed by atoms with E-state index in [2.05, 4.69) is 9.88 Å². The molecule has 1 aliphatic heterocycles. The predicted molar refractivity (Wildman–Crippen MR) is 87.7 cm³/mol. The molecule has 0 spiro atoms. The van der Waals surface area contributed by atoms with E-state index in [-0.39, 0.29) is 23.4 Å². The average molecular weight is 315 g/mol. The Bertz CT molecular complexity index is 717. The number of rotatable bonds is 1. The molecular formula is C18H22FN3O. The first-order valence-electron chi connectivity index (χ1n) is 7.84. The van der Waals surface area contributed by atoms with Crippen molar-refractivity contribution in [1.29, 1.82) is 0 Å². The maximum Gasteiger partial charge on any atom is 0.318 e. The lowest BCUT2D eigenvalue weighted by molar-refractivity contribution is 0.160.